The van der Waals surface area contributed by atoms with Crippen LogP contribution in [0.4, 0.5) is 5.69 Å². The summed E-state index contributed by atoms with van der Waals surface area (Å²) in [7, 11) is 1.59. The van der Waals surface area contributed by atoms with Crippen LogP contribution in [-0.4, -0.2) is 19.6 Å². The highest BCUT2D eigenvalue weighted by Gasteiger charge is 2.11. The van der Waals surface area contributed by atoms with Gasteiger partial charge in [0.1, 0.15) is 0 Å². The zero-order valence-corrected chi connectivity index (χ0v) is 15.3. The molecule has 0 unspecified atom stereocenters. The summed E-state index contributed by atoms with van der Waals surface area (Å²) in [5.74, 6) is 0.962. The number of carbonyl (C=O) groups excluding carboxylic acids is 1. The van der Waals surface area contributed by atoms with E-state index in [1.807, 2.05) is 62.4 Å². The average molecular weight is 339 g/mol. The number of methoxy groups -OCH3 is 1. The minimum absolute atomic E-state index is 0.0726. The molecule has 0 aromatic heterocycles. The Morgan fingerprint density at radius 1 is 1.20 bits per heavy atom. The summed E-state index contributed by atoms with van der Waals surface area (Å²) in [6, 6.07) is 11.6. The zero-order valence-electron chi connectivity index (χ0n) is 15.3. The van der Waals surface area contributed by atoms with Gasteiger partial charge in [-0.15, -0.1) is 0 Å². The molecule has 0 aliphatic rings. The summed E-state index contributed by atoms with van der Waals surface area (Å²) in [6.45, 7) is 5.94. The minimum atomic E-state index is -0.191. The van der Waals surface area contributed by atoms with Gasteiger partial charge in [0, 0.05) is 5.69 Å². The maximum Gasteiger partial charge on any atom is 0.262 e. The number of hydrogen-bond acceptors (Lipinski definition) is 3. The van der Waals surface area contributed by atoms with E-state index in [0.717, 1.165) is 28.8 Å². The molecule has 4 heteroatoms. The average Bonchev–Trinajstić information content (AvgIpc) is 2.62. The first-order chi connectivity index (χ1) is 12.1. The van der Waals surface area contributed by atoms with E-state index >= 15 is 0 Å². The third kappa shape index (κ3) is 4.86. The molecule has 25 heavy (non-hydrogen) atoms. The van der Waals surface area contributed by atoms with Crippen molar-refractivity contribution in [2.75, 3.05) is 19.0 Å². The number of carbonyl (C=O) groups is 1. The van der Waals surface area contributed by atoms with E-state index in [9.17, 15) is 4.79 Å². The molecule has 0 atom stereocenters. The molecule has 132 valence electrons. The SMILES string of the molecule is C/C=C/c1ccc(OCC(=O)Nc2c(C)cccc2CC)c(OC)c1. The number of aryl methyl sites for hydroxylation is 2. The lowest BCUT2D eigenvalue weighted by Gasteiger charge is -2.14. The third-order valence-corrected chi connectivity index (χ3v) is 3.91. The number of amides is 1. The first kappa shape index (κ1) is 18.6. The van der Waals surface area contributed by atoms with Crippen LogP contribution in [0.3, 0.4) is 0 Å². The number of rotatable bonds is 7. The molecule has 1 N–H and O–H groups in total. The topological polar surface area (TPSA) is 47.6 Å². The van der Waals surface area contributed by atoms with Crippen LogP contribution >= 0.6 is 0 Å². The molecule has 0 bridgehead atoms. The van der Waals surface area contributed by atoms with Crippen LogP contribution in [0, 0.1) is 6.92 Å². The number of ether oxygens (including phenoxy) is 2. The quantitative estimate of drug-likeness (QED) is 0.801. The van der Waals surface area contributed by atoms with E-state index in [4.69, 9.17) is 9.47 Å². The predicted molar refractivity (Wildman–Crippen MR) is 102 cm³/mol. The molecule has 0 spiro atoms. The zero-order chi connectivity index (χ0) is 18.2. The van der Waals surface area contributed by atoms with E-state index in [2.05, 4.69) is 12.2 Å². The molecular weight excluding hydrogens is 314 g/mol. The molecule has 2 aromatic carbocycles. The van der Waals surface area contributed by atoms with Gasteiger partial charge in [-0.2, -0.15) is 0 Å². The molecule has 2 aromatic rings. The molecule has 1 amide bonds. The Kier molecular flexibility index (Phi) is 6.63. The summed E-state index contributed by atoms with van der Waals surface area (Å²) in [5.41, 5.74) is 4.04. The van der Waals surface area contributed by atoms with Gasteiger partial charge in [0.05, 0.1) is 7.11 Å². The number of hydrogen-bond donors (Lipinski definition) is 1. The first-order valence-electron chi connectivity index (χ1n) is 8.40. The molecule has 0 aliphatic heterocycles. The highest BCUT2D eigenvalue weighted by atomic mass is 16.5. The lowest BCUT2D eigenvalue weighted by Crippen LogP contribution is -2.21. The predicted octanol–water partition coefficient (Wildman–Crippen LogP) is 4.62. The van der Waals surface area contributed by atoms with Gasteiger partial charge in [-0.25, -0.2) is 0 Å². The number of nitrogens with one attached hydrogen (secondary N) is 1. The van der Waals surface area contributed by atoms with Gasteiger partial charge in [0.15, 0.2) is 18.1 Å². The summed E-state index contributed by atoms with van der Waals surface area (Å²) in [6.07, 6.45) is 4.79. The Balaban J connectivity index is 2.06. The summed E-state index contributed by atoms with van der Waals surface area (Å²) >= 11 is 0. The second-order valence-corrected chi connectivity index (χ2v) is 5.71. The number of anilines is 1. The standard InChI is InChI=1S/C21H25NO3/c1-5-8-16-11-12-18(19(13-16)24-4)25-14-20(23)22-21-15(3)9-7-10-17(21)6-2/h5,7-13H,6,14H2,1-4H3,(H,22,23)/b8-5+. The Hall–Kier alpha value is -2.75. The van der Waals surface area contributed by atoms with Gasteiger partial charge in [0.2, 0.25) is 0 Å². The second kappa shape index (κ2) is 8.92. The lowest BCUT2D eigenvalue weighted by atomic mass is 10.1. The van der Waals surface area contributed by atoms with Crippen molar-refractivity contribution < 1.29 is 14.3 Å². The summed E-state index contributed by atoms with van der Waals surface area (Å²) < 4.78 is 11.0. The fraction of sp³-hybridized carbons (Fsp3) is 0.286. The van der Waals surface area contributed by atoms with Crippen LogP contribution in [0.25, 0.3) is 6.08 Å². The monoisotopic (exact) mass is 339 g/mol. The van der Waals surface area contributed by atoms with Gasteiger partial charge in [-0.3, -0.25) is 4.79 Å². The van der Waals surface area contributed by atoms with Gasteiger partial charge in [0.25, 0.3) is 5.91 Å². The Morgan fingerprint density at radius 2 is 2.00 bits per heavy atom. The lowest BCUT2D eigenvalue weighted by molar-refractivity contribution is -0.118. The van der Waals surface area contributed by atoms with Crippen molar-refractivity contribution >= 4 is 17.7 Å². The maximum atomic E-state index is 12.3. The van der Waals surface area contributed by atoms with Crippen molar-refractivity contribution in [3.63, 3.8) is 0 Å². The molecule has 0 aliphatic carbocycles. The Bertz CT molecular complexity index is 766. The van der Waals surface area contributed by atoms with Crippen LogP contribution in [0.5, 0.6) is 11.5 Å². The number of benzene rings is 2. The van der Waals surface area contributed by atoms with Gasteiger partial charge >= 0.3 is 0 Å². The minimum Gasteiger partial charge on any atom is -0.493 e. The van der Waals surface area contributed by atoms with E-state index < -0.39 is 0 Å². The van der Waals surface area contributed by atoms with Crippen LogP contribution in [0.1, 0.15) is 30.5 Å². The second-order valence-electron chi connectivity index (χ2n) is 5.71. The molecule has 0 saturated carbocycles. The highest BCUT2D eigenvalue weighted by Crippen LogP contribution is 2.28. The molecule has 0 heterocycles. The largest absolute Gasteiger partial charge is 0.493 e. The molecule has 4 nitrogen and oxygen atoms in total. The van der Waals surface area contributed by atoms with E-state index in [-0.39, 0.29) is 12.5 Å². The molecular formula is C21H25NO3. The third-order valence-electron chi connectivity index (χ3n) is 3.91. The van der Waals surface area contributed by atoms with Crippen molar-refractivity contribution in [2.45, 2.75) is 27.2 Å². The Morgan fingerprint density at radius 3 is 2.68 bits per heavy atom. The van der Waals surface area contributed by atoms with Crippen molar-refractivity contribution in [1.29, 1.82) is 0 Å². The molecule has 0 radical (unpaired) electrons. The van der Waals surface area contributed by atoms with Crippen LogP contribution < -0.4 is 14.8 Å². The van der Waals surface area contributed by atoms with E-state index in [0.29, 0.717) is 11.5 Å². The highest BCUT2D eigenvalue weighted by molar-refractivity contribution is 5.93. The fourth-order valence-electron chi connectivity index (χ4n) is 2.62. The van der Waals surface area contributed by atoms with Crippen LogP contribution in [-0.2, 0) is 11.2 Å². The Labute approximate surface area is 149 Å². The van der Waals surface area contributed by atoms with Gasteiger partial charge < -0.3 is 14.8 Å². The smallest absolute Gasteiger partial charge is 0.262 e. The van der Waals surface area contributed by atoms with Crippen LogP contribution in [0.2, 0.25) is 0 Å². The summed E-state index contributed by atoms with van der Waals surface area (Å²) in [4.78, 5) is 12.3. The van der Waals surface area contributed by atoms with E-state index in [1.165, 1.54) is 0 Å². The molecule has 0 saturated heterocycles. The number of allylic oxidation sites excluding steroid dienone is 1. The first-order valence-corrected chi connectivity index (χ1v) is 8.40. The van der Waals surface area contributed by atoms with Crippen molar-refractivity contribution in [3.05, 3.63) is 59.2 Å². The van der Waals surface area contributed by atoms with E-state index in [1.54, 1.807) is 7.11 Å². The van der Waals surface area contributed by atoms with Gasteiger partial charge in [-0.1, -0.05) is 43.3 Å². The van der Waals surface area contributed by atoms with Crippen molar-refractivity contribution in [2.24, 2.45) is 0 Å². The molecule has 2 rings (SSSR count). The summed E-state index contributed by atoms with van der Waals surface area (Å²) in [5, 5.41) is 2.95. The molecule has 0 fully saturated rings. The van der Waals surface area contributed by atoms with Crippen molar-refractivity contribution in [3.8, 4) is 11.5 Å². The number of para-hydroxylation sites is 1. The van der Waals surface area contributed by atoms with Gasteiger partial charge in [-0.05, 0) is 49.1 Å². The normalized spacial score (nSPS) is 10.7. The van der Waals surface area contributed by atoms with Crippen LogP contribution in [0.15, 0.2) is 42.5 Å². The fourth-order valence-corrected chi connectivity index (χ4v) is 2.62. The maximum absolute atomic E-state index is 12.3. The van der Waals surface area contributed by atoms with Crippen molar-refractivity contribution in [1.82, 2.24) is 0 Å².